The second-order valence-corrected chi connectivity index (χ2v) is 7.47. The van der Waals surface area contributed by atoms with E-state index in [9.17, 15) is 9.18 Å². The monoisotopic (exact) mass is 401 g/mol. The molecule has 2 aromatic heterocycles. The highest BCUT2D eigenvalue weighted by Gasteiger charge is 2.35. The summed E-state index contributed by atoms with van der Waals surface area (Å²) in [5, 5.41) is 14.6. The Morgan fingerprint density at radius 3 is 2.73 bits per heavy atom. The molecule has 1 aliphatic heterocycles. The van der Waals surface area contributed by atoms with Crippen molar-refractivity contribution in [3.05, 3.63) is 99.5 Å². The number of aromatic amines is 1. The zero-order valence-corrected chi connectivity index (χ0v) is 16.3. The topological polar surface area (TPSA) is 82.7 Å². The highest BCUT2D eigenvalue weighted by molar-refractivity contribution is 5.97. The molecule has 4 aromatic rings. The first-order chi connectivity index (χ1) is 14.7. The third-order valence-corrected chi connectivity index (χ3v) is 5.58. The zero-order chi connectivity index (χ0) is 20.7. The average Bonchev–Trinajstić information content (AvgIpc) is 2.76. The molecule has 3 N–H and O–H groups in total. The molecular weight excluding hydrogens is 381 g/mol. The first kappa shape index (κ1) is 18.4. The number of hydrogen-bond donors (Lipinski definition) is 3. The van der Waals surface area contributed by atoms with Gasteiger partial charge in [-0.2, -0.15) is 5.10 Å². The van der Waals surface area contributed by atoms with E-state index < -0.39 is 11.4 Å². The second kappa shape index (κ2) is 7.35. The van der Waals surface area contributed by atoms with Crippen LogP contribution in [-0.2, 0) is 6.54 Å². The van der Waals surface area contributed by atoms with Crippen molar-refractivity contribution in [2.45, 2.75) is 18.5 Å². The number of rotatable bonds is 4. The standard InChI is InChI=1S/C23H20FN5O/c1-25-12-13-3-2-4-15(9-13)19-21(14-5-7-26-8-6-14)27-18-11-16(24)10-17-20(18)22(19)28-29-23(17)30/h2-11,19,21,25,27H,12H2,1H3,(H,29,30)/t19-,21+/m0/s1. The predicted octanol–water partition coefficient (Wildman–Crippen LogP) is 3.48. The van der Waals surface area contributed by atoms with Crippen molar-refractivity contribution in [1.29, 1.82) is 0 Å². The molecule has 0 saturated heterocycles. The van der Waals surface area contributed by atoms with Crippen molar-refractivity contribution >= 4 is 16.5 Å². The van der Waals surface area contributed by atoms with Gasteiger partial charge < -0.3 is 10.6 Å². The molecule has 0 radical (unpaired) electrons. The highest BCUT2D eigenvalue weighted by atomic mass is 19.1. The van der Waals surface area contributed by atoms with Crippen molar-refractivity contribution in [2.75, 3.05) is 12.4 Å². The number of hydrogen-bond acceptors (Lipinski definition) is 5. The fourth-order valence-corrected chi connectivity index (χ4v) is 4.33. The van der Waals surface area contributed by atoms with Gasteiger partial charge in [-0.1, -0.05) is 24.3 Å². The molecule has 7 heteroatoms. The van der Waals surface area contributed by atoms with Gasteiger partial charge >= 0.3 is 0 Å². The maximum Gasteiger partial charge on any atom is 0.272 e. The van der Waals surface area contributed by atoms with Crippen molar-refractivity contribution in [2.24, 2.45) is 0 Å². The van der Waals surface area contributed by atoms with E-state index in [0.29, 0.717) is 16.5 Å². The van der Waals surface area contributed by atoms with Crippen LogP contribution in [0.4, 0.5) is 10.1 Å². The van der Waals surface area contributed by atoms with Gasteiger partial charge in [-0.25, -0.2) is 9.49 Å². The van der Waals surface area contributed by atoms with E-state index in [1.165, 1.54) is 12.1 Å². The molecule has 6 nitrogen and oxygen atoms in total. The van der Waals surface area contributed by atoms with Crippen molar-refractivity contribution < 1.29 is 4.39 Å². The average molecular weight is 401 g/mol. The third-order valence-electron chi connectivity index (χ3n) is 5.58. The van der Waals surface area contributed by atoms with Gasteiger partial charge in [-0.3, -0.25) is 9.78 Å². The maximum atomic E-state index is 14.3. The van der Waals surface area contributed by atoms with Gasteiger partial charge in [-0.15, -0.1) is 0 Å². The summed E-state index contributed by atoms with van der Waals surface area (Å²) in [6, 6.07) is 14.7. The quantitative estimate of drug-likeness (QED) is 0.488. The molecule has 0 aliphatic carbocycles. The number of nitrogens with zero attached hydrogens (tertiary/aromatic N) is 2. The van der Waals surface area contributed by atoms with Crippen LogP contribution in [0.25, 0.3) is 10.8 Å². The van der Waals surface area contributed by atoms with Crippen molar-refractivity contribution in [3.8, 4) is 0 Å². The van der Waals surface area contributed by atoms with E-state index in [4.69, 9.17) is 0 Å². The summed E-state index contributed by atoms with van der Waals surface area (Å²) in [4.78, 5) is 16.5. The van der Waals surface area contributed by atoms with Crippen LogP contribution in [0.5, 0.6) is 0 Å². The summed E-state index contributed by atoms with van der Waals surface area (Å²) in [7, 11) is 1.91. The lowest BCUT2D eigenvalue weighted by atomic mass is 9.80. The highest BCUT2D eigenvalue weighted by Crippen LogP contribution is 2.46. The number of halogens is 1. The van der Waals surface area contributed by atoms with E-state index in [-0.39, 0.29) is 12.0 Å². The third kappa shape index (κ3) is 3.04. The SMILES string of the molecule is CNCc1cccc([C@@H]2c3n[nH]c(=O)c4cc(F)cc(c34)N[C@@H]2c2ccncc2)c1. The summed E-state index contributed by atoms with van der Waals surface area (Å²) >= 11 is 0. The molecule has 5 rings (SSSR count). The largest absolute Gasteiger partial charge is 0.377 e. The molecule has 0 unspecified atom stereocenters. The lowest BCUT2D eigenvalue weighted by Gasteiger charge is -2.34. The Kier molecular flexibility index (Phi) is 4.52. The van der Waals surface area contributed by atoms with Crippen LogP contribution >= 0.6 is 0 Å². The summed E-state index contributed by atoms with van der Waals surface area (Å²) in [6.45, 7) is 0.740. The fraction of sp³-hybridized carbons (Fsp3) is 0.174. The Morgan fingerprint density at radius 1 is 1.10 bits per heavy atom. The Balaban J connectivity index is 1.78. The molecular formula is C23H20FN5O. The summed E-state index contributed by atoms with van der Waals surface area (Å²) in [5.74, 6) is -0.642. The van der Waals surface area contributed by atoms with Crippen LogP contribution in [0.1, 0.15) is 34.3 Å². The maximum absolute atomic E-state index is 14.3. The minimum atomic E-state index is -0.462. The van der Waals surface area contributed by atoms with E-state index in [0.717, 1.165) is 28.9 Å². The van der Waals surface area contributed by atoms with Gasteiger partial charge in [0.1, 0.15) is 5.82 Å². The molecule has 3 heterocycles. The van der Waals surface area contributed by atoms with Crippen LogP contribution in [-0.4, -0.2) is 22.2 Å². The molecule has 2 aromatic carbocycles. The molecule has 0 bridgehead atoms. The van der Waals surface area contributed by atoms with E-state index in [1.54, 1.807) is 12.4 Å². The molecule has 1 aliphatic rings. The minimum absolute atomic E-state index is 0.179. The van der Waals surface area contributed by atoms with E-state index in [2.05, 4.69) is 44.0 Å². The fourth-order valence-electron chi connectivity index (χ4n) is 4.33. The predicted molar refractivity (Wildman–Crippen MR) is 114 cm³/mol. The van der Waals surface area contributed by atoms with Gasteiger partial charge in [0.15, 0.2) is 0 Å². The number of anilines is 1. The van der Waals surface area contributed by atoms with Crippen molar-refractivity contribution in [1.82, 2.24) is 20.5 Å². The number of nitrogens with one attached hydrogen (secondary N) is 3. The number of benzene rings is 2. The summed E-state index contributed by atoms with van der Waals surface area (Å²) in [5.41, 5.74) is 4.11. The van der Waals surface area contributed by atoms with Gasteiger partial charge in [0.2, 0.25) is 0 Å². The molecule has 0 amide bonds. The number of pyridine rings is 1. The van der Waals surface area contributed by atoms with Crippen LogP contribution in [0, 0.1) is 5.82 Å². The van der Waals surface area contributed by atoms with Gasteiger partial charge in [-0.05, 0) is 48.0 Å². The lowest BCUT2D eigenvalue weighted by Crippen LogP contribution is -2.28. The molecule has 0 fully saturated rings. The second-order valence-electron chi connectivity index (χ2n) is 7.47. The normalized spacial score (nSPS) is 17.7. The smallest absolute Gasteiger partial charge is 0.272 e. The molecule has 0 spiro atoms. The summed E-state index contributed by atoms with van der Waals surface area (Å²) in [6.07, 6.45) is 3.48. The lowest BCUT2D eigenvalue weighted by molar-refractivity contribution is 0.618. The Morgan fingerprint density at radius 2 is 1.93 bits per heavy atom. The van der Waals surface area contributed by atoms with Crippen LogP contribution in [0.2, 0.25) is 0 Å². The number of H-pyrrole nitrogens is 1. The Bertz CT molecular complexity index is 1290. The van der Waals surface area contributed by atoms with E-state index in [1.807, 2.05) is 25.2 Å². The van der Waals surface area contributed by atoms with Crippen LogP contribution in [0.15, 0.2) is 65.7 Å². The van der Waals surface area contributed by atoms with Crippen LogP contribution in [0.3, 0.4) is 0 Å². The van der Waals surface area contributed by atoms with Gasteiger partial charge in [0, 0.05) is 30.0 Å². The Labute approximate surface area is 172 Å². The summed E-state index contributed by atoms with van der Waals surface area (Å²) < 4.78 is 14.3. The zero-order valence-electron chi connectivity index (χ0n) is 16.3. The van der Waals surface area contributed by atoms with Crippen LogP contribution < -0.4 is 16.2 Å². The minimum Gasteiger partial charge on any atom is -0.377 e. The first-order valence-corrected chi connectivity index (χ1v) is 9.77. The molecule has 0 saturated carbocycles. The molecule has 150 valence electrons. The van der Waals surface area contributed by atoms with Crippen molar-refractivity contribution in [3.63, 3.8) is 0 Å². The Hall–Kier alpha value is -3.58. The number of aromatic nitrogens is 3. The van der Waals surface area contributed by atoms with Gasteiger partial charge in [0.05, 0.1) is 23.0 Å². The molecule has 2 atom stereocenters. The first-order valence-electron chi connectivity index (χ1n) is 9.77. The van der Waals surface area contributed by atoms with E-state index >= 15 is 0 Å². The molecule has 30 heavy (non-hydrogen) atoms. The van der Waals surface area contributed by atoms with Gasteiger partial charge in [0.25, 0.3) is 5.56 Å².